The summed E-state index contributed by atoms with van der Waals surface area (Å²) in [7, 11) is 1.65. The summed E-state index contributed by atoms with van der Waals surface area (Å²) < 4.78 is 10.7. The zero-order chi connectivity index (χ0) is 19.5. The fourth-order valence-corrected chi connectivity index (χ4v) is 3.31. The average Bonchev–Trinajstić information content (AvgIpc) is 3.21. The fraction of sp³-hybridized carbons (Fsp3) is 0.500. The van der Waals surface area contributed by atoms with Crippen molar-refractivity contribution in [2.24, 2.45) is 4.99 Å². The Bertz CT molecular complexity index is 702. The number of methoxy groups -OCH3 is 1. The molecule has 0 radical (unpaired) electrons. The van der Waals surface area contributed by atoms with Crippen molar-refractivity contribution in [3.8, 4) is 5.88 Å². The van der Waals surface area contributed by atoms with Crippen molar-refractivity contribution >= 4 is 17.3 Å². The third kappa shape index (κ3) is 6.84. The van der Waals surface area contributed by atoms with Crippen molar-refractivity contribution in [3.05, 3.63) is 46.3 Å². The molecule has 0 fully saturated rings. The molecule has 27 heavy (non-hydrogen) atoms. The van der Waals surface area contributed by atoms with Crippen LogP contribution in [0.2, 0.25) is 0 Å². The molecule has 0 amide bonds. The molecule has 0 atom stereocenters. The van der Waals surface area contributed by atoms with Crippen molar-refractivity contribution in [2.75, 3.05) is 33.4 Å². The molecule has 2 N–H and O–H groups in total. The Hall–Kier alpha value is -2.12. The summed E-state index contributed by atoms with van der Waals surface area (Å²) in [6.45, 7) is 9.62. The van der Waals surface area contributed by atoms with Gasteiger partial charge in [0.1, 0.15) is 6.61 Å². The molecule has 0 aliphatic heterocycles. The Labute approximate surface area is 166 Å². The number of rotatable bonds is 10. The Morgan fingerprint density at radius 2 is 2.07 bits per heavy atom. The maximum absolute atomic E-state index is 5.69. The van der Waals surface area contributed by atoms with Crippen LogP contribution in [0.3, 0.4) is 0 Å². The minimum Gasteiger partial charge on any atom is -0.475 e. The number of ether oxygens (including phenoxy) is 2. The van der Waals surface area contributed by atoms with Gasteiger partial charge in [-0.25, -0.2) is 9.98 Å². The monoisotopic (exact) mass is 390 g/mol. The van der Waals surface area contributed by atoms with E-state index in [-0.39, 0.29) is 5.41 Å². The molecule has 0 saturated heterocycles. The van der Waals surface area contributed by atoms with Crippen LogP contribution in [0, 0.1) is 0 Å². The molecule has 0 aliphatic rings. The van der Waals surface area contributed by atoms with Crippen LogP contribution in [0.15, 0.2) is 40.8 Å². The van der Waals surface area contributed by atoms with Gasteiger partial charge >= 0.3 is 0 Å². The summed E-state index contributed by atoms with van der Waals surface area (Å²) in [5.74, 6) is 1.39. The lowest BCUT2D eigenvalue weighted by molar-refractivity contribution is 0.143. The lowest BCUT2D eigenvalue weighted by Gasteiger charge is -2.25. The second-order valence-corrected chi connectivity index (χ2v) is 7.67. The summed E-state index contributed by atoms with van der Waals surface area (Å²) in [6.07, 6.45) is 1.72. The van der Waals surface area contributed by atoms with Crippen LogP contribution >= 0.6 is 11.3 Å². The summed E-state index contributed by atoms with van der Waals surface area (Å²) >= 11 is 1.78. The molecule has 2 heterocycles. The van der Waals surface area contributed by atoms with E-state index in [9.17, 15) is 0 Å². The average molecular weight is 391 g/mol. The first-order valence-electron chi connectivity index (χ1n) is 9.18. The first-order valence-corrected chi connectivity index (χ1v) is 10.1. The zero-order valence-electron chi connectivity index (χ0n) is 16.6. The fourth-order valence-electron chi connectivity index (χ4n) is 2.46. The number of thiophene rings is 1. The van der Waals surface area contributed by atoms with Gasteiger partial charge in [-0.05, 0) is 24.4 Å². The number of nitrogens with one attached hydrogen (secondary N) is 2. The summed E-state index contributed by atoms with van der Waals surface area (Å²) in [6, 6.07) is 8.15. The first kappa shape index (κ1) is 21.2. The summed E-state index contributed by atoms with van der Waals surface area (Å²) in [5, 5.41) is 8.87. The van der Waals surface area contributed by atoms with Crippen molar-refractivity contribution < 1.29 is 9.47 Å². The van der Waals surface area contributed by atoms with Gasteiger partial charge in [0.15, 0.2) is 5.96 Å². The van der Waals surface area contributed by atoms with Crippen LogP contribution in [0.4, 0.5) is 0 Å². The number of hydrogen-bond acceptors (Lipinski definition) is 5. The number of pyridine rings is 1. The number of nitrogens with zero attached hydrogens (tertiary/aromatic N) is 2. The van der Waals surface area contributed by atoms with Crippen LogP contribution in [0.25, 0.3) is 0 Å². The van der Waals surface area contributed by atoms with E-state index in [0.717, 1.165) is 24.6 Å². The minimum absolute atomic E-state index is 0.0348. The molecule has 0 aliphatic carbocycles. The summed E-state index contributed by atoms with van der Waals surface area (Å²) in [4.78, 5) is 10.4. The maximum Gasteiger partial charge on any atom is 0.218 e. The normalized spacial score (nSPS) is 12.1. The van der Waals surface area contributed by atoms with Gasteiger partial charge in [0.2, 0.25) is 5.88 Å². The molecular formula is C20H30N4O2S. The molecule has 0 unspecified atom stereocenters. The first-order chi connectivity index (χ1) is 13.1. The molecule has 2 aromatic rings. The molecular weight excluding hydrogens is 360 g/mol. The van der Waals surface area contributed by atoms with Crippen LogP contribution < -0.4 is 15.4 Å². The topological polar surface area (TPSA) is 67.8 Å². The lowest BCUT2D eigenvalue weighted by atomic mass is 9.91. The number of aromatic nitrogens is 1. The second kappa shape index (κ2) is 10.9. The van der Waals surface area contributed by atoms with E-state index in [0.29, 0.717) is 25.6 Å². The highest BCUT2D eigenvalue weighted by atomic mass is 32.1. The van der Waals surface area contributed by atoms with Gasteiger partial charge in [-0.1, -0.05) is 26.0 Å². The van der Waals surface area contributed by atoms with Gasteiger partial charge in [-0.15, -0.1) is 11.3 Å². The highest BCUT2D eigenvalue weighted by Gasteiger charge is 2.21. The van der Waals surface area contributed by atoms with E-state index < -0.39 is 0 Å². The standard InChI is InChI=1S/C20H30N4O2S/c1-5-21-19(24-15-20(2,3)17-9-7-13-27-17)23-14-16-8-6-10-22-18(16)26-12-11-25-4/h6-10,13H,5,11-12,14-15H2,1-4H3,(H2,21,23,24). The SMILES string of the molecule is CCNC(=NCc1cccnc1OCCOC)NCC(C)(C)c1cccs1. The van der Waals surface area contributed by atoms with Gasteiger partial charge in [0.25, 0.3) is 0 Å². The van der Waals surface area contributed by atoms with Crippen molar-refractivity contribution in [2.45, 2.75) is 32.7 Å². The molecule has 0 saturated carbocycles. The van der Waals surface area contributed by atoms with Crippen molar-refractivity contribution in [1.82, 2.24) is 15.6 Å². The molecule has 148 valence electrons. The smallest absolute Gasteiger partial charge is 0.218 e. The molecule has 0 aromatic carbocycles. The quantitative estimate of drug-likeness (QED) is 0.370. The van der Waals surface area contributed by atoms with E-state index >= 15 is 0 Å². The third-order valence-corrected chi connectivity index (χ3v) is 5.25. The van der Waals surface area contributed by atoms with Gasteiger partial charge in [-0.2, -0.15) is 0 Å². The molecule has 0 spiro atoms. The van der Waals surface area contributed by atoms with E-state index in [1.54, 1.807) is 24.6 Å². The summed E-state index contributed by atoms with van der Waals surface area (Å²) in [5.41, 5.74) is 0.982. The zero-order valence-corrected chi connectivity index (χ0v) is 17.4. The molecule has 2 aromatic heterocycles. The van der Waals surface area contributed by atoms with Gasteiger partial charge in [-0.3, -0.25) is 0 Å². The van der Waals surface area contributed by atoms with Gasteiger partial charge in [0, 0.05) is 42.3 Å². The second-order valence-electron chi connectivity index (χ2n) is 6.72. The number of guanidine groups is 1. The van der Waals surface area contributed by atoms with Crippen LogP contribution in [-0.4, -0.2) is 44.4 Å². The maximum atomic E-state index is 5.69. The van der Waals surface area contributed by atoms with Crippen LogP contribution in [0.5, 0.6) is 5.88 Å². The van der Waals surface area contributed by atoms with E-state index in [4.69, 9.17) is 14.5 Å². The van der Waals surface area contributed by atoms with E-state index in [2.05, 4.69) is 53.9 Å². The van der Waals surface area contributed by atoms with Crippen molar-refractivity contribution in [1.29, 1.82) is 0 Å². The molecule has 2 rings (SSSR count). The predicted molar refractivity (Wildman–Crippen MR) is 112 cm³/mol. The van der Waals surface area contributed by atoms with Crippen LogP contribution in [-0.2, 0) is 16.7 Å². The van der Waals surface area contributed by atoms with E-state index in [1.807, 2.05) is 12.1 Å². The number of hydrogen-bond donors (Lipinski definition) is 2. The van der Waals surface area contributed by atoms with Gasteiger partial charge in [0.05, 0.1) is 13.2 Å². The van der Waals surface area contributed by atoms with Crippen LogP contribution in [0.1, 0.15) is 31.2 Å². The van der Waals surface area contributed by atoms with Crippen molar-refractivity contribution in [3.63, 3.8) is 0 Å². The minimum atomic E-state index is 0.0348. The Morgan fingerprint density at radius 3 is 2.78 bits per heavy atom. The number of aliphatic imine (C=N–C) groups is 1. The highest BCUT2D eigenvalue weighted by Crippen LogP contribution is 2.26. The van der Waals surface area contributed by atoms with Gasteiger partial charge < -0.3 is 20.1 Å². The Kier molecular flexibility index (Phi) is 8.54. The molecule has 7 heteroatoms. The third-order valence-electron chi connectivity index (χ3n) is 4.01. The predicted octanol–water partition coefficient (Wildman–Crippen LogP) is 3.20. The molecule has 6 nitrogen and oxygen atoms in total. The Balaban J connectivity index is 2.01. The largest absolute Gasteiger partial charge is 0.475 e. The lowest BCUT2D eigenvalue weighted by Crippen LogP contribution is -2.43. The Morgan fingerprint density at radius 1 is 1.22 bits per heavy atom. The van der Waals surface area contributed by atoms with E-state index in [1.165, 1.54) is 4.88 Å². The molecule has 0 bridgehead atoms. The highest BCUT2D eigenvalue weighted by molar-refractivity contribution is 7.10.